The molecule has 1 atom stereocenters. The predicted octanol–water partition coefficient (Wildman–Crippen LogP) is 5.29. The number of aliphatic hydroxyl groups excluding tert-OH is 1. The molecule has 0 aromatic heterocycles. The Morgan fingerprint density at radius 3 is 2.39 bits per heavy atom. The van der Waals surface area contributed by atoms with Gasteiger partial charge in [-0.15, -0.1) is 0 Å². The van der Waals surface area contributed by atoms with E-state index in [0.29, 0.717) is 42.1 Å². The maximum Gasteiger partial charge on any atom is 0.412 e. The van der Waals surface area contributed by atoms with Crippen LogP contribution in [-0.2, 0) is 9.53 Å². The summed E-state index contributed by atoms with van der Waals surface area (Å²) in [7, 11) is 0. The van der Waals surface area contributed by atoms with Crippen molar-refractivity contribution in [2.45, 2.75) is 25.4 Å². The predicted molar refractivity (Wildman–Crippen MR) is 141 cm³/mol. The highest BCUT2D eigenvalue weighted by molar-refractivity contribution is 6.01. The Balaban J connectivity index is 1.56. The molecular weight excluding hydrogens is 458 g/mol. The van der Waals surface area contributed by atoms with Gasteiger partial charge in [0.25, 0.3) is 0 Å². The molecule has 3 aromatic carbocycles. The van der Waals surface area contributed by atoms with Crippen LogP contribution < -0.4 is 21.1 Å². The van der Waals surface area contributed by atoms with Gasteiger partial charge in [-0.3, -0.25) is 10.1 Å². The van der Waals surface area contributed by atoms with E-state index in [-0.39, 0.29) is 19.1 Å². The molecule has 0 saturated heterocycles. The molecule has 3 aromatic rings. The average Bonchev–Trinajstić information content (AvgIpc) is 2.89. The number of ether oxygens (including phenoxy) is 2. The summed E-state index contributed by atoms with van der Waals surface area (Å²) in [4.78, 5) is 24.7. The van der Waals surface area contributed by atoms with Crippen molar-refractivity contribution >= 4 is 29.1 Å². The van der Waals surface area contributed by atoms with E-state index in [4.69, 9.17) is 20.3 Å². The molecule has 0 aliphatic heterocycles. The number of hydrogen-bond acceptors (Lipinski definition) is 6. The fourth-order valence-corrected chi connectivity index (χ4v) is 3.43. The van der Waals surface area contributed by atoms with Gasteiger partial charge in [0, 0.05) is 5.69 Å². The maximum absolute atomic E-state index is 12.5. The number of hydrogen-bond donors (Lipinski definition) is 4. The molecule has 0 heterocycles. The van der Waals surface area contributed by atoms with E-state index in [1.807, 2.05) is 30.3 Å². The Bertz CT molecular complexity index is 1130. The van der Waals surface area contributed by atoms with Crippen LogP contribution in [0.3, 0.4) is 0 Å². The van der Waals surface area contributed by atoms with Crippen molar-refractivity contribution in [3.05, 3.63) is 96.6 Å². The third kappa shape index (κ3) is 8.81. The molecule has 0 saturated carbocycles. The van der Waals surface area contributed by atoms with E-state index in [2.05, 4.69) is 10.6 Å². The smallest absolute Gasteiger partial charge is 0.412 e. The van der Waals surface area contributed by atoms with Gasteiger partial charge in [-0.1, -0.05) is 48.5 Å². The second kappa shape index (κ2) is 14.2. The van der Waals surface area contributed by atoms with Gasteiger partial charge in [0.1, 0.15) is 18.5 Å². The van der Waals surface area contributed by atoms with Crippen molar-refractivity contribution in [1.29, 1.82) is 0 Å². The number of nitrogen functional groups attached to an aromatic ring is 1. The lowest BCUT2D eigenvalue weighted by Gasteiger charge is -2.19. The molecule has 0 spiro atoms. The first-order chi connectivity index (χ1) is 17.5. The highest BCUT2D eigenvalue weighted by Gasteiger charge is 2.17. The standard InChI is InChI=1S/C28H31N3O5/c29-24-11-7-8-12-25(24)31-27(33)14-6-2-5-13-26(21-15-17-23(18-16-21)35-20-19-32)36-28(34)30-22-9-3-1-4-10-22/h1,3-4,6-12,14-18,26,32H,2,5,13,19-20,29H2,(H,30,34)(H,31,33)/b14-6+/t26-/m0/s1. The number of aliphatic hydroxyl groups is 1. The van der Waals surface area contributed by atoms with Gasteiger partial charge in [0.15, 0.2) is 0 Å². The Morgan fingerprint density at radius 2 is 1.67 bits per heavy atom. The van der Waals surface area contributed by atoms with Crippen molar-refractivity contribution in [3.8, 4) is 5.75 Å². The minimum absolute atomic E-state index is 0.0720. The zero-order valence-electron chi connectivity index (χ0n) is 19.9. The summed E-state index contributed by atoms with van der Waals surface area (Å²) in [5.41, 5.74) is 8.37. The number of para-hydroxylation sites is 3. The summed E-state index contributed by atoms with van der Waals surface area (Å²) < 4.78 is 11.1. The van der Waals surface area contributed by atoms with E-state index in [0.717, 1.165) is 5.56 Å². The minimum atomic E-state index is -0.554. The molecular formula is C28H31N3O5. The van der Waals surface area contributed by atoms with Crippen LogP contribution in [0.25, 0.3) is 0 Å². The molecule has 0 bridgehead atoms. The zero-order valence-corrected chi connectivity index (χ0v) is 19.9. The first kappa shape index (κ1) is 26.3. The number of allylic oxidation sites excluding steroid dienone is 1. The van der Waals surface area contributed by atoms with Gasteiger partial charge in [0.05, 0.1) is 18.0 Å². The average molecular weight is 490 g/mol. The third-order valence-electron chi connectivity index (χ3n) is 5.21. The largest absolute Gasteiger partial charge is 0.491 e. The molecule has 8 nitrogen and oxygen atoms in total. The van der Waals surface area contributed by atoms with E-state index < -0.39 is 12.2 Å². The first-order valence-corrected chi connectivity index (χ1v) is 11.7. The molecule has 0 fully saturated rings. The normalized spacial score (nSPS) is 11.6. The van der Waals surface area contributed by atoms with Gasteiger partial charge in [-0.25, -0.2) is 4.79 Å². The number of anilines is 3. The number of carbonyl (C=O) groups is 2. The van der Waals surface area contributed by atoms with Gasteiger partial charge in [0.2, 0.25) is 5.91 Å². The second-order valence-corrected chi connectivity index (χ2v) is 7.94. The number of benzene rings is 3. The second-order valence-electron chi connectivity index (χ2n) is 7.94. The molecule has 8 heteroatoms. The summed E-state index contributed by atoms with van der Waals surface area (Å²) in [6.45, 7) is 0.132. The van der Waals surface area contributed by atoms with Crippen molar-refractivity contribution < 1.29 is 24.2 Å². The van der Waals surface area contributed by atoms with Crippen LogP contribution >= 0.6 is 0 Å². The summed E-state index contributed by atoms with van der Waals surface area (Å²) >= 11 is 0. The molecule has 36 heavy (non-hydrogen) atoms. The van der Waals surface area contributed by atoms with Gasteiger partial charge >= 0.3 is 6.09 Å². The summed E-state index contributed by atoms with van der Waals surface area (Å²) in [5, 5.41) is 14.4. The van der Waals surface area contributed by atoms with Crippen LogP contribution in [0.5, 0.6) is 5.75 Å². The minimum Gasteiger partial charge on any atom is -0.491 e. The van der Waals surface area contributed by atoms with E-state index in [9.17, 15) is 9.59 Å². The quantitative estimate of drug-likeness (QED) is 0.156. The summed E-state index contributed by atoms with van der Waals surface area (Å²) in [5.74, 6) is 0.356. The molecule has 2 amide bonds. The van der Waals surface area contributed by atoms with Gasteiger partial charge in [-0.2, -0.15) is 0 Å². The van der Waals surface area contributed by atoms with E-state index in [1.54, 1.807) is 54.6 Å². The number of nitrogens with two attached hydrogens (primary N) is 1. The molecule has 0 unspecified atom stereocenters. The van der Waals surface area contributed by atoms with Crippen molar-refractivity contribution in [2.24, 2.45) is 0 Å². The van der Waals surface area contributed by atoms with Crippen molar-refractivity contribution in [1.82, 2.24) is 0 Å². The number of carbonyl (C=O) groups excluding carboxylic acids is 2. The summed E-state index contributed by atoms with van der Waals surface area (Å²) in [6, 6.07) is 23.4. The van der Waals surface area contributed by atoms with E-state index in [1.165, 1.54) is 6.08 Å². The van der Waals surface area contributed by atoms with Crippen LogP contribution in [0.1, 0.15) is 30.9 Å². The third-order valence-corrected chi connectivity index (χ3v) is 5.21. The monoisotopic (exact) mass is 489 g/mol. The Kier molecular flexibility index (Phi) is 10.4. The fourth-order valence-electron chi connectivity index (χ4n) is 3.43. The Labute approximate surface area is 210 Å². The van der Waals surface area contributed by atoms with E-state index >= 15 is 0 Å². The number of amides is 2. The number of nitrogens with one attached hydrogen (secondary N) is 2. The van der Waals surface area contributed by atoms with Crippen molar-refractivity contribution in [3.63, 3.8) is 0 Å². The van der Waals surface area contributed by atoms with Crippen LogP contribution in [0.15, 0.2) is 91.0 Å². The molecule has 188 valence electrons. The zero-order chi connectivity index (χ0) is 25.6. The van der Waals surface area contributed by atoms with Crippen LogP contribution in [0.4, 0.5) is 21.9 Å². The van der Waals surface area contributed by atoms with Crippen LogP contribution in [0.2, 0.25) is 0 Å². The van der Waals surface area contributed by atoms with Crippen molar-refractivity contribution in [2.75, 3.05) is 29.6 Å². The SMILES string of the molecule is Nc1ccccc1NC(=O)/C=C/CCC[C@H](OC(=O)Nc1ccccc1)c1ccc(OCCO)cc1. The Hall–Kier alpha value is -4.30. The van der Waals surface area contributed by atoms with Crippen LogP contribution in [-0.4, -0.2) is 30.3 Å². The molecule has 0 aliphatic rings. The molecule has 0 aliphatic carbocycles. The topological polar surface area (TPSA) is 123 Å². The van der Waals surface area contributed by atoms with Gasteiger partial charge < -0.3 is 25.6 Å². The Morgan fingerprint density at radius 1 is 0.944 bits per heavy atom. The lowest BCUT2D eigenvalue weighted by Crippen LogP contribution is -2.17. The molecule has 3 rings (SSSR count). The maximum atomic E-state index is 12.5. The number of rotatable bonds is 12. The van der Waals surface area contributed by atoms with Crippen LogP contribution in [0, 0.1) is 0 Å². The fraction of sp³-hybridized carbons (Fsp3) is 0.214. The highest BCUT2D eigenvalue weighted by Crippen LogP contribution is 2.26. The summed E-state index contributed by atoms with van der Waals surface area (Å²) in [6.07, 6.45) is 4.06. The first-order valence-electron chi connectivity index (χ1n) is 11.7. The number of unbranched alkanes of at least 4 members (excludes halogenated alkanes) is 1. The highest BCUT2D eigenvalue weighted by atomic mass is 16.6. The molecule has 5 N–H and O–H groups in total. The van der Waals surface area contributed by atoms with Gasteiger partial charge in [-0.05, 0) is 67.3 Å². The molecule has 0 radical (unpaired) electrons. The lowest BCUT2D eigenvalue weighted by atomic mass is 10.0. The lowest BCUT2D eigenvalue weighted by molar-refractivity contribution is -0.111.